The average molecular weight is 303 g/mol. The first-order valence-electron chi connectivity index (χ1n) is 5.18. The summed E-state index contributed by atoms with van der Waals surface area (Å²) < 4.78 is 6.66. The van der Waals surface area contributed by atoms with Crippen LogP contribution in [0.5, 0.6) is 0 Å². The minimum atomic E-state index is 0.276. The molecule has 0 amide bonds. The molecule has 86 valence electrons. The van der Waals surface area contributed by atoms with Gasteiger partial charge in [-0.3, -0.25) is 0 Å². The summed E-state index contributed by atoms with van der Waals surface area (Å²) in [5, 5.41) is 0.753. The number of hydrogen-bond donors (Lipinski definition) is 0. The molecule has 0 N–H and O–H groups in total. The van der Waals surface area contributed by atoms with Crippen LogP contribution < -0.4 is 0 Å². The summed E-state index contributed by atoms with van der Waals surface area (Å²) in [7, 11) is 0. The van der Waals surface area contributed by atoms with Crippen LogP contribution in [0.4, 0.5) is 0 Å². The number of aryl methyl sites for hydroxylation is 1. The molecule has 2 aromatic rings. The molecule has 0 aliphatic carbocycles. The number of halogens is 2. The molecule has 0 saturated heterocycles. The first-order chi connectivity index (χ1) is 7.43. The maximum atomic E-state index is 6.24. The Morgan fingerprint density at radius 3 is 2.44 bits per heavy atom. The first-order valence-corrected chi connectivity index (χ1v) is 6.35. The van der Waals surface area contributed by atoms with E-state index in [4.69, 9.17) is 16.0 Å². The predicted octanol–water partition coefficient (Wildman–Crippen LogP) is 4.98. The molecule has 0 bridgehead atoms. The second kappa shape index (κ2) is 4.04. The van der Waals surface area contributed by atoms with Gasteiger partial charge in [-0.25, -0.2) is 4.98 Å². The molecule has 16 heavy (non-hydrogen) atoms. The number of rotatable bonds is 1. The molecule has 4 heteroatoms. The molecule has 1 heterocycles. The van der Waals surface area contributed by atoms with Gasteiger partial charge in [-0.2, -0.15) is 0 Å². The van der Waals surface area contributed by atoms with Gasteiger partial charge >= 0.3 is 0 Å². The maximum absolute atomic E-state index is 6.24. The van der Waals surface area contributed by atoms with Crippen molar-refractivity contribution in [2.45, 2.75) is 33.6 Å². The van der Waals surface area contributed by atoms with E-state index in [-0.39, 0.29) is 5.92 Å². The molecule has 0 saturated carbocycles. The Morgan fingerprint density at radius 1 is 1.25 bits per heavy atom. The van der Waals surface area contributed by atoms with Gasteiger partial charge in [0.05, 0.1) is 4.47 Å². The van der Waals surface area contributed by atoms with Gasteiger partial charge in [0, 0.05) is 10.9 Å². The lowest BCUT2D eigenvalue weighted by Crippen LogP contribution is -1.87. The van der Waals surface area contributed by atoms with E-state index in [0.29, 0.717) is 0 Å². The molecule has 0 atom stereocenters. The number of hydrogen-bond acceptors (Lipinski definition) is 2. The first kappa shape index (κ1) is 11.9. The number of nitrogens with zero attached hydrogens (tertiary/aromatic N) is 1. The molecule has 0 radical (unpaired) electrons. The fraction of sp³-hybridized carbons (Fsp3) is 0.417. The van der Waals surface area contributed by atoms with Crippen LogP contribution in [-0.4, -0.2) is 4.98 Å². The maximum Gasteiger partial charge on any atom is 0.198 e. The third kappa shape index (κ3) is 1.66. The van der Waals surface area contributed by atoms with Crippen LogP contribution in [0.3, 0.4) is 0 Å². The summed E-state index contributed by atoms with van der Waals surface area (Å²) in [4.78, 5) is 4.49. The van der Waals surface area contributed by atoms with E-state index >= 15 is 0 Å². The normalized spacial score (nSPS) is 11.7. The van der Waals surface area contributed by atoms with Crippen molar-refractivity contribution in [3.05, 3.63) is 26.5 Å². The smallest absolute Gasteiger partial charge is 0.198 e. The van der Waals surface area contributed by atoms with Crippen LogP contribution in [0.25, 0.3) is 11.1 Å². The molecule has 0 aliphatic rings. The Balaban J connectivity index is 2.86. The molecule has 0 fully saturated rings. The lowest BCUT2D eigenvalue weighted by atomic mass is 10.1. The Bertz CT molecular complexity index is 515. The van der Waals surface area contributed by atoms with Gasteiger partial charge in [0.15, 0.2) is 11.5 Å². The van der Waals surface area contributed by atoms with Crippen LogP contribution in [-0.2, 0) is 0 Å². The van der Waals surface area contributed by atoms with Crippen LogP contribution in [0.2, 0.25) is 5.02 Å². The Hall–Kier alpha value is -0.540. The van der Waals surface area contributed by atoms with Gasteiger partial charge in [-0.05, 0) is 40.9 Å². The van der Waals surface area contributed by atoms with Crippen molar-refractivity contribution in [2.24, 2.45) is 0 Å². The standard InChI is InChI=1S/C12H13BrClNO/c1-5(2)12-15-10-7(4)9(14)6(3)8(13)11(10)16-12/h5H,1-4H3. The zero-order chi connectivity index (χ0) is 12.0. The van der Waals surface area contributed by atoms with Gasteiger partial charge in [-0.1, -0.05) is 25.4 Å². The third-order valence-corrected chi connectivity index (χ3v) is 4.20. The summed E-state index contributed by atoms with van der Waals surface area (Å²) in [6.45, 7) is 8.05. The van der Waals surface area contributed by atoms with Crippen LogP contribution in [0.1, 0.15) is 36.8 Å². The van der Waals surface area contributed by atoms with Crippen molar-refractivity contribution in [1.29, 1.82) is 0 Å². The van der Waals surface area contributed by atoms with Crippen LogP contribution in [0.15, 0.2) is 8.89 Å². The monoisotopic (exact) mass is 301 g/mol. The number of benzene rings is 1. The van der Waals surface area contributed by atoms with E-state index in [1.807, 2.05) is 13.8 Å². The van der Waals surface area contributed by atoms with Crippen molar-refractivity contribution < 1.29 is 4.42 Å². The molecular formula is C12H13BrClNO. The number of aromatic nitrogens is 1. The van der Waals surface area contributed by atoms with E-state index in [9.17, 15) is 0 Å². The van der Waals surface area contributed by atoms with Crippen LogP contribution in [0, 0.1) is 13.8 Å². The van der Waals surface area contributed by atoms with Crippen molar-refractivity contribution >= 4 is 38.6 Å². The molecule has 1 aromatic carbocycles. The van der Waals surface area contributed by atoms with E-state index in [0.717, 1.165) is 37.6 Å². The fourth-order valence-electron chi connectivity index (χ4n) is 1.64. The summed E-state index contributed by atoms with van der Waals surface area (Å²) in [5.74, 6) is 1.03. The minimum absolute atomic E-state index is 0.276. The van der Waals surface area contributed by atoms with E-state index in [1.54, 1.807) is 0 Å². The Morgan fingerprint density at radius 2 is 1.88 bits per heavy atom. The highest BCUT2D eigenvalue weighted by Crippen LogP contribution is 2.37. The molecule has 2 rings (SSSR count). The fourth-order valence-corrected chi connectivity index (χ4v) is 2.40. The zero-order valence-corrected chi connectivity index (χ0v) is 12.0. The molecule has 0 unspecified atom stereocenters. The number of fused-ring (bicyclic) bond motifs is 1. The summed E-state index contributed by atoms with van der Waals surface area (Å²) in [6, 6.07) is 0. The Labute approximate surface area is 108 Å². The largest absolute Gasteiger partial charge is 0.439 e. The van der Waals surface area contributed by atoms with E-state index in [1.165, 1.54) is 0 Å². The molecule has 2 nitrogen and oxygen atoms in total. The quantitative estimate of drug-likeness (QED) is 0.742. The molecule has 0 spiro atoms. The number of oxazole rings is 1. The van der Waals surface area contributed by atoms with E-state index in [2.05, 4.69) is 34.8 Å². The van der Waals surface area contributed by atoms with Crippen molar-refractivity contribution in [3.63, 3.8) is 0 Å². The highest BCUT2D eigenvalue weighted by molar-refractivity contribution is 9.10. The summed E-state index contributed by atoms with van der Waals surface area (Å²) >= 11 is 9.75. The minimum Gasteiger partial charge on any atom is -0.439 e. The van der Waals surface area contributed by atoms with Crippen molar-refractivity contribution in [1.82, 2.24) is 4.98 Å². The van der Waals surface area contributed by atoms with Gasteiger partial charge in [0.25, 0.3) is 0 Å². The predicted molar refractivity (Wildman–Crippen MR) is 70.3 cm³/mol. The second-order valence-electron chi connectivity index (χ2n) is 4.26. The van der Waals surface area contributed by atoms with E-state index < -0.39 is 0 Å². The van der Waals surface area contributed by atoms with Gasteiger partial charge in [0.1, 0.15) is 5.52 Å². The molecule has 1 aromatic heterocycles. The van der Waals surface area contributed by atoms with Crippen LogP contribution >= 0.6 is 27.5 Å². The van der Waals surface area contributed by atoms with Crippen molar-refractivity contribution in [3.8, 4) is 0 Å². The zero-order valence-electron chi connectivity index (χ0n) is 9.69. The summed E-state index contributed by atoms with van der Waals surface area (Å²) in [5.41, 5.74) is 3.63. The highest BCUT2D eigenvalue weighted by atomic mass is 79.9. The molecular weight excluding hydrogens is 289 g/mol. The van der Waals surface area contributed by atoms with Gasteiger partial charge in [-0.15, -0.1) is 0 Å². The topological polar surface area (TPSA) is 26.0 Å². The Kier molecular flexibility index (Phi) is 3.01. The van der Waals surface area contributed by atoms with Crippen molar-refractivity contribution in [2.75, 3.05) is 0 Å². The summed E-state index contributed by atoms with van der Waals surface area (Å²) in [6.07, 6.45) is 0. The highest BCUT2D eigenvalue weighted by Gasteiger charge is 2.18. The average Bonchev–Trinajstić information content (AvgIpc) is 2.68. The SMILES string of the molecule is Cc1c(Cl)c(C)c2nc(C(C)C)oc2c1Br. The third-order valence-electron chi connectivity index (χ3n) is 2.68. The second-order valence-corrected chi connectivity index (χ2v) is 5.43. The lowest BCUT2D eigenvalue weighted by Gasteiger charge is -2.04. The lowest BCUT2D eigenvalue weighted by molar-refractivity contribution is 0.500. The van der Waals surface area contributed by atoms with Gasteiger partial charge in [0.2, 0.25) is 0 Å². The van der Waals surface area contributed by atoms with Gasteiger partial charge < -0.3 is 4.42 Å². The molecule has 0 aliphatic heterocycles.